The molecule has 0 amide bonds. The maximum absolute atomic E-state index is 12.1. The van der Waals surface area contributed by atoms with Crippen LogP contribution in [0.5, 0.6) is 23.1 Å². The number of nitrogens with zero attached hydrogens (tertiary/aromatic N) is 3. The molecule has 0 bridgehead atoms. The van der Waals surface area contributed by atoms with Gasteiger partial charge in [-0.25, -0.2) is 14.8 Å². The third-order valence-corrected chi connectivity index (χ3v) is 4.26. The zero-order chi connectivity index (χ0) is 20.9. The second-order valence-electron chi connectivity index (χ2n) is 6.28. The van der Waals surface area contributed by atoms with Crippen LogP contribution < -0.4 is 14.2 Å². The number of fused-ring (bicyclic) bond motifs is 1. The third-order valence-electron chi connectivity index (χ3n) is 4.03. The Morgan fingerprint density at radius 3 is 2.53 bits per heavy atom. The first-order valence-electron chi connectivity index (χ1n) is 9.05. The molecule has 0 N–H and O–H groups in total. The SMILES string of the molecule is CC(Oc1ccc(Oc2cnc3cc(Cl)ccc3n2)cc1)C(=O)Oc1cccnc1. The molecule has 0 aliphatic rings. The van der Waals surface area contributed by atoms with Crippen molar-refractivity contribution in [2.75, 3.05) is 0 Å². The van der Waals surface area contributed by atoms with Crippen molar-refractivity contribution in [3.63, 3.8) is 0 Å². The zero-order valence-corrected chi connectivity index (χ0v) is 16.6. The molecule has 0 radical (unpaired) electrons. The number of esters is 1. The number of carbonyl (C=O) groups excluding carboxylic acids is 1. The molecule has 2 aromatic carbocycles. The molecule has 1 atom stereocenters. The summed E-state index contributed by atoms with van der Waals surface area (Å²) in [6.45, 7) is 1.61. The van der Waals surface area contributed by atoms with E-state index in [0.29, 0.717) is 39.2 Å². The van der Waals surface area contributed by atoms with Crippen LogP contribution in [-0.2, 0) is 4.79 Å². The lowest BCUT2D eigenvalue weighted by atomic mass is 10.3. The maximum Gasteiger partial charge on any atom is 0.352 e. The van der Waals surface area contributed by atoms with Crippen LogP contribution in [0.15, 0.2) is 73.2 Å². The van der Waals surface area contributed by atoms with Gasteiger partial charge in [0.05, 0.1) is 23.4 Å². The van der Waals surface area contributed by atoms with Gasteiger partial charge in [0.25, 0.3) is 0 Å². The van der Waals surface area contributed by atoms with Gasteiger partial charge in [-0.1, -0.05) is 11.6 Å². The molecule has 0 aliphatic heterocycles. The van der Waals surface area contributed by atoms with Crippen molar-refractivity contribution in [1.29, 1.82) is 0 Å². The Labute approximate surface area is 177 Å². The van der Waals surface area contributed by atoms with E-state index >= 15 is 0 Å². The van der Waals surface area contributed by atoms with E-state index in [9.17, 15) is 4.79 Å². The summed E-state index contributed by atoms with van der Waals surface area (Å²) in [5.74, 6) is 1.25. The van der Waals surface area contributed by atoms with Gasteiger partial charge in [0.2, 0.25) is 5.88 Å². The van der Waals surface area contributed by atoms with E-state index in [-0.39, 0.29) is 0 Å². The molecule has 30 heavy (non-hydrogen) atoms. The first-order valence-corrected chi connectivity index (χ1v) is 9.43. The number of rotatable bonds is 6. The van der Waals surface area contributed by atoms with Crippen molar-refractivity contribution in [2.45, 2.75) is 13.0 Å². The minimum atomic E-state index is -0.796. The Morgan fingerprint density at radius 1 is 0.967 bits per heavy atom. The molecule has 4 rings (SSSR count). The van der Waals surface area contributed by atoms with Crippen LogP contribution in [0, 0.1) is 0 Å². The highest BCUT2D eigenvalue weighted by Gasteiger charge is 2.17. The molecule has 0 saturated carbocycles. The van der Waals surface area contributed by atoms with Crippen LogP contribution >= 0.6 is 11.6 Å². The standard InChI is InChI=1S/C22H16ClN3O4/c1-14(22(27)30-18-3-2-10-24-12-18)28-16-5-7-17(8-6-16)29-21-13-25-20-11-15(23)4-9-19(20)26-21/h2-14H,1H3. The molecule has 150 valence electrons. The van der Waals surface area contributed by atoms with Crippen molar-refractivity contribution in [3.8, 4) is 23.1 Å². The average molecular weight is 422 g/mol. The number of benzene rings is 2. The number of hydrogen-bond acceptors (Lipinski definition) is 7. The fraction of sp³-hybridized carbons (Fsp3) is 0.0909. The molecular formula is C22H16ClN3O4. The van der Waals surface area contributed by atoms with E-state index in [4.69, 9.17) is 25.8 Å². The summed E-state index contributed by atoms with van der Waals surface area (Å²) in [5, 5.41) is 0.597. The Hall–Kier alpha value is -3.71. The fourth-order valence-electron chi connectivity index (χ4n) is 2.58. The van der Waals surface area contributed by atoms with Crippen LogP contribution in [0.25, 0.3) is 11.0 Å². The van der Waals surface area contributed by atoms with Crippen molar-refractivity contribution in [2.24, 2.45) is 0 Å². The summed E-state index contributed by atoms with van der Waals surface area (Å²) in [5.41, 5.74) is 1.36. The predicted molar refractivity (Wildman–Crippen MR) is 111 cm³/mol. The number of aromatic nitrogens is 3. The molecular weight excluding hydrogens is 406 g/mol. The van der Waals surface area contributed by atoms with E-state index in [2.05, 4.69) is 15.0 Å². The average Bonchev–Trinajstić information content (AvgIpc) is 2.76. The van der Waals surface area contributed by atoms with Crippen LogP contribution in [0.4, 0.5) is 0 Å². The molecule has 2 heterocycles. The molecule has 0 fully saturated rings. The summed E-state index contributed by atoms with van der Waals surface area (Å²) in [6.07, 6.45) is 3.79. The van der Waals surface area contributed by atoms with Crippen LogP contribution in [0.3, 0.4) is 0 Å². The van der Waals surface area contributed by atoms with Gasteiger partial charge >= 0.3 is 5.97 Å². The largest absolute Gasteiger partial charge is 0.479 e. The van der Waals surface area contributed by atoms with Gasteiger partial charge in [-0.3, -0.25) is 4.98 Å². The van der Waals surface area contributed by atoms with E-state index in [1.807, 2.05) is 0 Å². The minimum Gasteiger partial charge on any atom is -0.479 e. The van der Waals surface area contributed by atoms with E-state index in [1.54, 1.807) is 67.7 Å². The Morgan fingerprint density at radius 2 is 1.77 bits per heavy atom. The molecule has 4 aromatic rings. The highest BCUT2D eigenvalue weighted by Crippen LogP contribution is 2.25. The van der Waals surface area contributed by atoms with E-state index in [0.717, 1.165) is 0 Å². The van der Waals surface area contributed by atoms with E-state index in [1.165, 1.54) is 12.4 Å². The van der Waals surface area contributed by atoms with Gasteiger partial charge in [-0.15, -0.1) is 0 Å². The summed E-state index contributed by atoms with van der Waals surface area (Å²) in [4.78, 5) is 24.7. The van der Waals surface area contributed by atoms with Crippen molar-refractivity contribution in [3.05, 3.63) is 78.2 Å². The minimum absolute atomic E-state index is 0.354. The van der Waals surface area contributed by atoms with E-state index < -0.39 is 12.1 Å². The molecule has 8 heteroatoms. The van der Waals surface area contributed by atoms with Gasteiger partial charge < -0.3 is 14.2 Å². The summed E-state index contributed by atoms with van der Waals surface area (Å²) in [6, 6.07) is 15.4. The normalized spacial score (nSPS) is 11.7. The molecule has 0 spiro atoms. The van der Waals surface area contributed by atoms with Gasteiger partial charge in [-0.2, -0.15) is 0 Å². The third kappa shape index (κ3) is 4.82. The Bertz CT molecular complexity index is 1170. The topological polar surface area (TPSA) is 83.4 Å². The van der Waals surface area contributed by atoms with Gasteiger partial charge in [-0.05, 0) is 61.5 Å². The Kier molecular flexibility index (Phi) is 5.72. The summed E-state index contributed by atoms with van der Waals surface area (Å²) in [7, 11) is 0. The number of halogens is 1. The number of ether oxygens (including phenoxy) is 3. The quantitative estimate of drug-likeness (QED) is 0.412. The highest BCUT2D eigenvalue weighted by molar-refractivity contribution is 6.31. The smallest absolute Gasteiger partial charge is 0.352 e. The van der Waals surface area contributed by atoms with Gasteiger partial charge in [0.15, 0.2) is 6.10 Å². The molecule has 2 aromatic heterocycles. The summed E-state index contributed by atoms with van der Waals surface area (Å²) >= 11 is 5.96. The lowest BCUT2D eigenvalue weighted by molar-refractivity contribution is -0.141. The summed E-state index contributed by atoms with van der Waals surface area (Å²) < 4.78 is 16.6. The number of pyridine rings is 1. The first kappa shape index (κ1) is 19.6. The van der Waals surface area contributed by atoms with Crippen LogP contribution in [0.1, 0.15) is 6.92 Å². The lowest BCUT2D eigenvalue weighted by Crippen LogP contribution is -2.28. The number of carbonyl (C=O) groups is 1. The van der Waals surface area contributed by atoms with Gasteiger partial charge in [0, 0.05) is 11.2 Å². The number of hydrogen-bond donors (Lipinski definition) is 0. The lowest BCUT2D eigenvalue weighted by Gasteiger charge is -2.14. The molecule has 0 aliphatic carbocycles. The highest BCUT2D eigenvalue weighted by atomic mass is 35.5. The second kappa shape index (κ2) is 8.75. The fourth-order valence-corrected chi connectivity index (χ4v) is 2.75. The van der Waals surface area contributed by atoms with Crippen molar-refractivity contribution >= 4 is 28.6 Å². The predicted octanol–water partition coefficient (Wildman–Crippen LogP) is 4.84. The zero-order valence-electron chi connectivity index (χ0n) is 15.9. The van der Waals surface area contributed by atoms with Gasteiger partial charge in [0.1, 0.15) is 17.2 Å². The monoisotopic (exact) mass is 421 g/mol. The Balaban J connectivity index is 1.38. The second-order valence-corrected chi connectivity index (χ2v) is 6.72. The van der Waals surface area contributed by atoms with Crippen molar-refractivity contribution < 1.29 is 19.0 Å². The van der Waals surface area contributed by atoms with Crippen LogP contribution in [-0.4, -0.2) is 27.0 Å². The van der Waals surface area contributed by atoms with Crippen LogP contribution in [0.2, 0.25) is 5.02 Å². The molecule has 1 unspecified atom stereocenters. The molecule has 7 nitrogen and oxygen atoms in total. The molecule has 0 saturated heterocycles. The first-order chi connectivity index (χ1) is 14.6. The van der Waals surface area contributed by atoms with Crippen molar-refractivity contribution in [1.82, 2.24) is 15.0 Å². The maximum atomic E-state index is 12.1.